The number of carbonyl (C=O) groups is 2. The van der Waals surface area contributed by atoms with E-state index in [0.717, 1.165) is 5.56 Å². The van der Waals surface area contributed by atoms with Crippen LogP contribution < -0.4 is 20.1 Å². The van der Waals surface area contributed by atoms with Crippen molar-refractivity contribution in [2.75, 3.05) is 26.1 Å². The van der Waals surface area contributed by atoms with E-state index in [1.165, 1.54) is 7.11 Å². The minimum Gasteiger partial charge on any atom is -0.496 e. The fourth-order valence-electron chi connectivity index (χ4n) is 2.08. The molecule has 1 aromatic rings. The maximum absolute atomic E-state index is 11.7. The lowest BCUT2D eigenvalue weighted by molar-refractivity contribution is -0.115. The van der Waals surface area contributed by atoms with Crippen LogP contribution in [-0.2, 0) is 16.0 Å². The van der Waals surface area contributed by atoms with E-state index in [0.29, 0.717) is 30.2 Å². The summed E-state index contributed by atoms with van der Waals surface area (Å²) in [6.45, 7) is 9.33. The molecule has 1 radical (unpaired) electrons. The van der Waals surface area contributed by atoms with Gasteiger partial charge in [-0.05, 0) is 45.7 Å². The van der Waals surface area contributed by atoms with Crippen molar-refractivity contribution in [3.8, 4) is 11.5 Å². The second-order valence-corrected chi connectivity index (χ2v) is 6.34. The maximum Gasteiger partial charge on any atom is 0.407 e. The van der Waals surface area contributed by atoms with Gasteiger partial charge >= 0.3 is 6.09 Å². The second-order valence-electron chi connectivity index (χ2n) is 6.34. The largest absolute Gasteiger partial charge is 0.496 e. The number of amides is 2. The molecule has 0 aliphatic rings. The molecule has 1 rings (SSSR count). The third-order valence-electron chi connectivity index (χ3n) is 3.17. The van der Waals surface area contributed by atoms with Gasteiger partial charge in [0.25, 0.3) is 0 Å². The molecule has 2 N–H and O–H groups in total. The van der Waals surface area contributed by atoms with Gasteiger partial charge < -0.3 is 24.8 Å². The van der Waals surface area contributed by atoms with Crippen LogP contribution in [0.2, 0.25) is 0 Å². The minimum atomic E-state index is -0.543. The molecule has 25 heavy (non-hydrogen) atoms. The Labute approximate surface area is 149 Å². The Bertz CT molecular complexity index is 608. The van der Waals surface area contributed by atoms with Crippen LogP contribution >= 0.6 is 0 Å². The highest BCUT2D eigenvalue weighted by molar-refractivity contribution is 5.93. The molecule has 0 aromatic heterocycles. The van der Waals surface area contributed by atoms with Gasteiger partial charge in [-0.15, -0.1) is 0 Å². The summed E-state index contributed by atoms with van der Waals surface area (Å²) < 4.78 is 15.9. The number of ether oxygens (including phenoxy) is 3. The lowest BCUT2D eigenvalue weighted by Crippen LogP contribution is -2.33. The molecule has 0 aliphatic heterocycles. The number of nitrogens with one attached hydrogen (secondary N) is 2. The fourth-order valence-corrected chi connectivity index (χ4v) is 2.08. The predicted octanol–water partition coefficient (Wildman–Crippen LogP) is 2.93. The first-order valence-corrected chi connectivity index (χ1v) is 8.01. The van der Waals surface area contributed by atoms with Crippen molar-refractivity contribution in [1.82, 2.24) is 5.32 Å². The SMILES string of the molecule is [CH2]CC(=O)Nc1cc(OC)c(CCNC(=O)OC(C)(C)C)cc1OC. The highest BCUT2D eigenvalue weighted by atomic mass is 16.6. The Morgan fingerprint density at radius 2 is 1.76 bits per heavy atom. The molecule has 0 fully saturated rings. The molecule has 0 bridgehead atoms. The first-order valence-electron chi connectivity index (χ1n) is 8.01. The summed E-state index contributed by atoms with van der Waals surface area (Å²) in [6, 6.07) is 3.46. The van der Waals surface area contributed by atoms with E-state index in [2.05, 4.69) is 17.6 Å². The van der Waals surface area contributed by atoms with Crippen molar-refractivity contribution in [2.45, 2.75) is 39.2 Å². The summed E-state index contributed by atoms with van der Waals surface area (Å²) in [5, 5.41) is 5.41. The third kappa shape index (κ3) is 6.91. The molecule has 7 nitrogen and oxygen atoms in total. The number of anilines is 1. The van der Waals surface area contributed by atoms with Crippen LogP contribution in [0.3, 0.4) is 0 Å². The van der Waals surface area contributed by atoms with Gasteiger partial charge in [0.05, 0.1) is 19.9 Å². The van der Waals surface area contributed by atoms with E-state index in [9.17, 15) is 9.59 Å². The Morgan fingerprint density at radius 1 is 1.12 bits per heavy atom. The average Bonchev–Trinajstić information content (AvgIpc) is 2.53. The number of hydrogen-bond acceptors (Lipinski definition) is 5. The normalized spacial score (nSPS) is 10.8. The molecule has 0 atom stereocenters. The van der Waals surface area contributed by atoms with E-state index in [1.54, 1.807) is 40.0 Å². The lowest BCUT2D eigenvalue weighted by atomic mass is 10.1. The summed E-state index contributed by atoms with van der Waals surface area (Å²) in [5.41, 5.74) is 0.804. The zero-order chi connectivity index (χ0) is 19.0. The summed E-state index contributed by atoms with van der Waals surface area (Å²) in [6.07, 6.45) is 0.160. The zero-order valence-corrected chi connectivity index (χ0v) is 15.5. The van der Waals surface area contributed by atoms with E-state index in [-0.39, 0.29) is 12.3 Å². The van der Waals surface area contributed by atoms with Crippen molar-refractivity contribution >= 4 is 17.7 Å². The molecule has 0 spiro atoms. The smallest absolute Gasteiger partial charge is 0.407 e. The van der Waals surface area contributed by atoms with Crippen molar-refractivity contribution in [3.63, 3.8) is 0 Å². The Kier molecular flexibility index (Phi) is 7.54. The van der Waals surface area contributed by atoms with E-state index in [1.807, 2.05) is 0 Å². The van der Waals surface area contributed by atoms with Gasteiger partial charge in [0.15, 0.2) is 0 Å². The first-order chi connectivity index (χ1) is 11.7. The van der Waals surface area contributed by atoms with E-state index in [4.69, 9.17) is 14.2 Å². The van der Waals surface area contributed by atoms with Crippen LogP contribution in [0.4, 0.5) is 10.5 Å². The van der Waals surface area contributed by atoms with Gasteiger partial charge in [-0.2, -0.15) is 0 Å². The molecule has 0 saturated carbocycles. The second kappa shape index (κ2) is 9.15. The van der Waals surface area contributed by atoms with Crippen molar-refractivity contribution in [2.24, 2.45) is 0 Å². The van der Waals surface area contributed by atoms with Crippen LogP contribution in [0.5, 0.6) is 11.5 Å². The minimum absolute atomic E-state index is 0.118. The van der Waals surface area contributed by atoms with Crippen molar-refractivity contribution in [1.29, 1.82) is 0 Å². The molecule has 0 heterocycles. The van der Waals surface area contributed by atoms with E-state index >= 15 is 0 Å². The average molecular weight is 351 g/mol. The number of benzene rings is 1. The number of rotatable bonds is 7. The lowest BCUT2D eigenvalue weighted by Gasteiger charge is -2.20. The van der Waals surface area contributed by atoms with Gasteiger partial charge in [-0.25, -0.2) is 4.79 Å². The highest BCUT2D eigenvalue weighted by Gasteiger charge is 2.17. The number of carbonyl (C=O) groups excluding carboxylic acids is 2. The first kappa shape index (κ1) is 20.6. The fraction of sp³-hybridized carbons (Fsp3) is 0.500. The van der Waals surface area contributed by atoms with Crippen molar-refractivity contribution in [3.05, 3.63) is 24.6 Å². The number of hydrogen-bond donors (Lipinski definition) is 2. The topological polar surface area (TPSA) is 85.9 Å². The molecule has 0 aliphatic carbocycles. The van der Waals surface area contributed by atoms with Crippen LogP contribution in [0.25, 0.3) is 0 Å². The molecular weight excluding hydrogens is 324 g/mol. The summed E-state index contributed by atoms with van der Waals surface area (Å²) in [4.78, 5) is 23.3. The zero-order valence-electron chi connectivity index (χ0n) is 15.5. The molecular formula is C18H27N2O5. The quantitative estimate of drug-likeness (QED) is 0.789. The molecule has 0 saturated heterocycles. The Morgan fingerprint density at radius 3 is 2.28 bits per heavy atom. The standard InChI is InChI=1S/C18H27N2O5/c1-7-16(21)20-13-11-14(23-5)12(10-15(13)24-6)8-9-19-17(22)25-18(2,3)4/h10-11H,1,7-9H2,2-6H3,(H,19,22)(H,20,21). The summed E-state index contributed by atoms with van der Waals surface area (Å²) in [5.74, 6) is 0.876. The summed E-state index contributed by atoms with van der Waals surface area (Å²) >= 11 is 0. The molecule has 1 aromatic carbocycles. The number of methoxy groups -OCH3 is 2. The molecule has 139 valence electrons. The monoisotopic (exact) mass is 351 g/mol. The molecule has 2 amide bonds. The number of alkyl carbamates (subject to hydrolysis) is 1. The van der Waals surface area contributed by atoms with Crippen LogP contribution in [-0.4, -0.2) is 38.4 Å². The van der Waals surface area contributed by atoms with Crippen molar-refractivity contribution < 1.29 is 23.8 Å². The Balaban J connectivity index is 2.82. The highest BCUT2D eigenvalue weighted by Crippen LogP contribution is 2.33. The van der Waals surface area contributed by atoms with Gasteiger partial charge in [-0.3, -0.25) is 4.79 Å². The maximum atomic E-state index is 11.7. The van der Waals surface area contributed by atoms with Gasteiger partial charge in [-0.1, -0.05) is 0 Å². The van der Waals surface area contributed by atoms with Crippen LogP contribution in [0.1, 0.15) is 32.8 Å². The van der Waals surface area contributed by atoms with Gasteiger partial charge in [0.2, 0.25) is 5.91 Å². The van der Waals surface area contributed by atoms with E-state index < -0.39 is 11.7 Å². The molecule has 0 unspecified atom stereocenters. The summed E-state index contributed by atoms with van der Waals surface area (Å²) in [7, 11) is 3.06. The Hall–Kier alpha value is -2.44. The molecule has 7 heteroatoms. The third-order valence-corrected chi connectivity index (χ3v) is 3.17. The van der Waals surface area contributed by atoms with Gasteiger partial charge in [0.1, 0.15) is 17.1 Å². The van der Waals surface area contributed by atoms with Gasteiger partial charge in [0, 0.05) is 19.0 Å². The van der Waals surface area contributed by atoms with Crippen LogP contribution in [0, 0.1) is 6.92 Å². The van der Waals surface area contributed by atoms with Crippen LogP contribution in [0.15, 0.2) is 12.1 Å². The predicted molar refractivity (Wildman–Crippen MR) is 96.1 cm³/mol.